The number of hydrogen-bond donors (Lipinski definition) is 0. The molecular formula is C11H18N2O2. The summed E-state index contributed by atoms with van der Waals surface area (Å²) in [6, 6.07) is 0.0399. The summed E-state index contributed by atoms with van der Waals surface area (Å²) in [5.74, 6) is 0. The number of nitrogens with zero attached hydrogens (tertiary/aromatic N) is 2. The summed E-state index contributed by atoms with van der Waals surface area (Å²) >= 11 is 0. The lowest BCUT2D eigenvalue weighted by atomic mass is 10.4. The van der Waals surface area contributed by atoms with Crippen LogP contribution < -0.4 is 0 Å². The average molecular weight is 210 g/mol. The van der Waals surface area contributed by atoms with Crippen molar-refractivity contribution in [2.45, 2.75) is 0 Å². The first-order valence-electron chi connectivity index (χ1n) is 5.13. The van der Waals surface area contributed by atoms with E-state index in [0.717, 1.165) is 0 Å². The van der Waals surface area contributed by atoms with Gasteiger partial charge < -0.3 is 14.5 Å². The maximum absolute atomic E-state index is 12.0. The molecule has 1 fully saturated rings. The first-order valence-corrected chi connectivity index (χ1v) is 5.13. The van der Waals surface area contributed by atoms with E-state index >= 15 is 0 Å². The Morgan fingerprint density at radius 3 is 2.27 bits per heavy atom. The quantitative estimate of drug-likeness (QED) is 0.651. The second-order valence-electron chi connectivity index (χ2n) is 3.36. The van der Waals surface area contributed by atoms with Crippen LogP contribution in [0.5, 0.6) is 0 Å². The molecule has 1 aliphatic rings. The Balaban J connectivity index is 2.52. The van der Waals surface area contributed by atoms with Crippen LogP contribution >= 0.6 is 0 Å². The molecule has 0 radical (unpaired) electrons. The van der Waals surface area contributed by atoms with Crippen LogP contribution in [-0.2, 0) is 4.74 Å². The summed E-state index contributed by atoms with van der Waals surface area (Å²) in [5.41, 5.74) is 0. The number of carbonyl (C=O) groups excluding carboxylic acids is 1. The van der Waals surface area contributed by atoms with Crippen molar-refractivity contribution in [1.82, 2.24) is 9.80 Å². The monoisotopic (exact) mass is 210 g/mol. The topological polar surface area (TPSA) is 32.8 Å². The van der Waals surface area contributed by atoms with Gasteiger partial charge in [-0.2, -0.15) is 0 Å². The molecule has 0 bridgehead atoms. The van der Waals surface area contributed by atoms with Gasteiger partial charge in [0.1, 0.15) is 0 Å². The van der Waals surface area contributed by atoms with E-state index < -0.39 is 0 Å². The van der Waals surface area contributed by atoms with E-state index in [4.69, 9.17) is 4.74 Å². The highest BCUT2D eigenvalue weighted by atomic mass is 16.5. The van der Waals surface area contributed by atoms with Gasteiger partial charge in [-0.1, -0.05) is 12.2 Å². The first-order chi connectivity index (χ1) is 7.29. The largest absolute Gasteiger partial charge is 0.378 e. The van der Waals surface area contributed by atoms with Crippen molar-refractivity contribution < 1.29 is 9.53 Å². The Kier molecular flexibility index (Phi) is 4.90. The fourth-order valence-electron chi connectivity index (χ4n) is 1.50. The molecule has 0 N–H and O–H groups in total. The molecule has 0 spiro atoms. The SMILES string of the molecule is C=CCN(CC=C)C(=O)N1CCOCC1. The van der Waals surface area contributed by atoms with Crippen molar-refractivity contribution >= 4 is 6.03 Å². The molecule has 84 valence electrons. The third kappa shape index (κ3) is 3.40. The van der Waals surface area contributed by atoms with E-state index in [9.17, 15) is 4.79 Å². The van der Waals surface area contributed by atoms with Gasteiger partial charge in [0.05, 0.1) is 13.2 Å². The van der Waals surface area contributed by atoms with Crippen molar-refractivity contribution in [3.8, 4) is 0 Å². The molecule has 15 heavy (non-hydrogen) atoms. The van der Waals surface area contributed by atoms with Crippen LogP contribution in [0.3, 0.4) is 0 Å². The number of hydrogen-bond acceptors (Lipinski definition) is 2. The molecule has 1 heterocycles. The van der Waals surface area contributed by atoms with Crippen molar-refractivity contribution in [2.24, 2.45) is 0 Å². The van der Waals surface area contributed by atoms with E-state index in [1.165, 1.54) is 0 Å². The van der Waals surface area contributed by atoms with E-state index in [1.807, 2.05) is 0 Å². The van der Waals surface area contributed by atoms with Crippen molar-refractivity contribution in [2.75, 3.05) is 39.4 Å². The van der Waals surface area contributed by atoms with Crippen molar-refractivity contribution in [3.63, 3.8) is 0 Å². The summed E-state index contributed by atoms with van der Waals surface area (Å²) in [6.07, 6.45) is 3.45. The van der Waals surface area contributed by atoms with Gasteiger partial charge in [-0.3, -0.25) is 0 Å². The molecule has 0 saturated carbocycles. The zero-order valence-electron chi connectivity index (χ0n) is 9.02. The average Bonchev–Trinajstić information content (AvgIpc) is 2.29. The molecule has 1 rings (SSSR count). The summed E-state index contributed by atoms with van der Waals surface area (Å²) in [7, 11) is 0. The highest BCUT2D eigenvalue weighted by molar-refractivity contribution is 5.74. The molecule has 4 heteroatoms. The maximum atomic E-state index is 12.0. The highest BCUT2D eigenvalue weighted by Crippen LogP contribution is 2.03. The second kappa shape index (κ2) is 6.24. The number of amides is 2. The van der Waals surface area contributed by atoms with Crippen molar-refractivity contribution in [1.29, 1.82) is 0 Å². The Morgan fingerprint density at radius 2 is 1.80 bits per heavy atom. The van der Waals surface area contributed by atoms with Crippen molar-refractivity contribution in [3.05, 3.63) is 25.3 Å². The van der Waals surface area contributed by atoms with Crippen LogP contribution in [0.25, 0.3) is 0 Å². The minimum Gasteiger partial charge on any atom is -0.378 e. The van der Waals surface area contributed by atoms with Gasteiger partial charge in [0.2, 0.25) is 0 Å². The third-order valence-corrected chi connectivity index (χ3v) is 2.25. The molecule has 1 saturated heterocycles. The summed E-state index contributed by atoms with van der Waals surface area (Å²) in [5, 5.41) is 0. The van der Waals surface area contributed by atoms with E-state index in [0.29, 0.717) is 39.4 Å². The lowest BCUT2D eigenvalue weighted by Gasteiger charge is -2.31. The van der Waals surface area contributed by atoms with Gasteiger partial charge in [-0.05, 0) is 0 Å². The van der Waals surface area contributed by atoms with Gasteiger partial charge in [0.15, 0.2) is 0 Å². The smallest absolute Gasteiger partial charge is 0.320 e. The highest BCUT2D eigenvalue weighted by Gasteiger charge is 2.20. The molecule has 0 atom stereocenters. The van der Waals surface area contributed by atoms with Crippen LogP contribution in [0.2, 0.25) is 0 Å². The number of urea groups is 1. The van der Waals surface area contributed by atoms with Crippen LogP contribution in [0.15, 0.2) is 25.3 Å². The Labute approximate surface area is 90.8 Å². The van der Waals surface area contributed by atoms with Gasteiger partial charge in [-0.25, -0.2) is 4.79 Å². The Morgan fingerprint density at radius 1 is 1.27 bits per heavy atom. The predicted molar refractivity (Wildman–Crippen MR) is 59.8 cm³/mol. The molecule has 1 aliphatic heterocycles. The van der Waals surface area contributed by atoms with Gasteiger partial charge in [0.25, 0.3) is 0 Å². The van der Waals surface area contributed by atoms with Crippen LogP contribution in [0.4, 0.5) is 4.79 Å². The fraction of sp³-hybridized carbons (Fsp3) is 0.545. The third-order valence-electron chi connectivity index (χ3n) is 2.25. The van der Waals surface area contributed by atoms with Gasteiger partial charge in [-0.15, -0.1) is 13.2 Å². The number of rotatable bonds is 4. The predicted octanol–water partition coefficient (Wildman–Crippen LogP) is 1.11. The molecule has 0 unspecified atom stereocenters. The summed E-state index contributed by atoms with van der Waals surface area (Å²) < 4.78 is 5.20. The Hall–Kier alpha value is -1.29. The number of morpholine rings is 1. The van der Waals surface area contributed by atoms with Crippen LogP contribution in [0, 0.1) is 0 Å². The number of ether oxygens (including phenoxy) is 1. The molecular weight excluding hydrogens is 192 g/mol. The van der Waals surface area contributed by atoms with Crippen LogP contribution in [-0.4, -0.2) is 55.2 Å². The first kappa shape index (κ1) is 11.8. The zero-order chi connectivity index (χ0) is 11.1. The minimum atomic E-state index is 0.0399. The van der Waals surface area contributed by atoms with E-state index in [-0.39, 0.29) is 6.03 Å². The fourth-order valence-corrected chi connectivity index (χ4v) is 1.50. The molecule has 0 aromatic rings. The molecule has 0 aromatic heterocycles. The number of carbonyl (C=O) groups is 1. The van der Waals surface area contributed by atoms with Gasteiger partial charge >= 0.3 is 6.03 Å². The molecule has 0 aromatic carbocycles. The van der Waals surface area contributed by atoms with Gasteiger partial charge in [0, 0.05) is 26.2 Å². The molecule has 0 aliphatic carbocycles. The molecule has 4 nitrogen and oxygen atoms in total. The summed E-state index contributed by atoms with van der Waals surface area (Å²) in [6.45, 7) is 11.0. The normalized spacial score (nSPS) is 15.9. The van der Waals surface area contributed by atoms with E-state index in [1.54, 1.807) is 22.0 Å². The van der Waals surface area contributed by atoms with Crippen LogP contribution in [0.1, 0.15) is 0 Å². The zero-order valence-corrected chi connectivity index (χ0v) is 9.02. The lowest BCUT2D eigenvalue weighted by molar-refractivity contribution is 0.0451. The maximum Gasteiger partial charge on any atom is 0.320 e. The molecule has 2 amide bonds. The Bertz CT molecular complexity index is 225. The summed E-state index contributed by atoms with van der Waals surface area (Å²) in [4.78, 5) is 15.5. The minimum absolute atomic E-state index is 0.0399. The lowest BCUT2D eigenvalue weighted by Crippen LogP contribution is -2.48. The van der Waals surface area contributed by atoms with E-state index in [2.05, 4.69) is 13.2 Å². The standard InChI is InChI=1S/C11H18N2O2/c1-3-5-12(6-4-2)11(14)13-7-9-15-10-8-13/h3-4H,1-2,5-10H2. The second-order valence-corrected chi connectivity index (χ2v) is 3.36.